The fourth-order valence-electron chi connectivity index (χ4n) is 1.98. The van der Waals surface area contributed by atoms with Crippen molar-refractivity contribution in [2.24, 2.45) is 5.92 Å². The Bertz CT molecular complexity index is 435. The van der Waals surface area contributed by atoms with Crippen molar-refractivity contribution < 1.29 is 4.79 Å². The molecule has 1 amide bonds. The van der Waals surface area contributed by atoms with Crippen molar-refractivity contribution in [2.75, 3.05) is 5.73 Å². The van der Waals surface area contributed by atoms with Gasteiger partial charge in [-0.05, 0) is 25.2 Å². The quantitative estimate of drug-likeness (QED) is 0.710. The molecule has 0 spiro atoms. The van der Waals surface area contributed by atoms with Crippen LogP contribution in [0.2, 0.25) is 0 Å². The number of carbonyl (C=O) groups is 1. The molecule has 0 saturated heterocycles. The van der Waals surface area contributed by atoms with E-state index in [0.29, 0.717) is 29.3 Å². The maximum absolute atomic E-state index is 11.8. The number of hydrogen-bond donors (Lipinski definition) is 3. The number of nitrogens with one attached hydrogen (secondary N) is 2. The van der Waals surface area contributed by atoms with E-state index >= 15 is 0 Å². The van der Waals surface area contributed by atoms with E-state index in [-0.39, 0.29) is 5.91 Å². The molecule has 0 radical (unpaired) electrons. The second-order valence-electron chi connectivity index (χ2n) is 4.97. The number of H-pyrrole nitrogens is 1. The average molecular weight is 220 g/mol. The number of amides is 1. The average Bonchev–Trinajstić information content (AvgIpc) is 3.13. The lowest BCUT2D eigenvalue weighted by atomic mass is 10.2. The van der Waals surface area contributed by atoms with Crippen molar-refractivity contribution in [3.8, 4) is 0 Å². The fraction of sp³-hybridized carbons (Fsp3) is 0.636. The first kappa shape index (κ1) is 9.69. The van der Waals surface area contributed by atoms with Gasteiger partial charge in [0.05, 0.1) is 11.4 Å². The zero-order chi connectivity index (χ0) is 11.3. The molecular weight excluding hydrogens is 204 g/mol. The molecule has 1 heterocycles. The minimum atomic E-state index is -0.144. The smallest absolute Gasteiger partial charge is 0.274 e. The molecule has 2 fully saturated rings. The molecule has 0 aliphatic heterocycles. The van der Waals surface area contributed by atoms with Gasteiger partial charge in [0.25, 0.3) is 5.91 Å². The molecule has 1 aromatic heterocycles. The summed E-state index contributed by atoms with van der Waals surface area (Å²) in [6, 6.07) is 0.313. The standard InChI is InChI=1S/C11H16N4O/c1-5-4-7(5)13-11(16)10-8(12)9(14-15-10)6-2-3-6/h5-7H,2-4,12H2,1H3,(H,13,16)(H,14,15). The maximum Gasteiger partial charge on any atom is 0.274 e. The number of nitrogens with two attached hydrogens (primary N) is 1. The van der Waals surface area contributed by atoms with E-state index in [1.54, 1.807) is 0 Å². The predicted octanol–water partition coefficient (Wildman–Crippen LogP) is 1.01. The van der Waals surface area contributed by atoms with Crippen molar-refractivity contribution in [2.45, 2.75) is 38.1 Å². The van der Waals surface area contributed by atoms with Gasteiger partial charge in [-0.1, -0.05) is 6.92 Å². The van der Waals surface area contributed by atoms with E-state index in [4.69, 9.17) is 5.73 Å². The molecule has 2 aliphatic carbocycles. The van der Waals surface area contributed by atoms with E-state index in [2.05, 4.69) is 22.4 Å². The predicted molar refractivity (Wildman–Crippen MR) is 60.0 cm³/mol. The number of rotatable bonds is 3. The zero-order valence-electron chi connectivity index (χ0n) is 9.29. The first-order chi connectivity index (χ1) is 7.66. The third-order valence-electron chi connectivity index (χ3n) is 3.46. The molecule has 5 heteroatoms. The Morgan fingerprint density at radius 3 is 2.81 bits per heavy atom. The molecule has 2 atom stereocenters. The number of nitrogen functional groups attached to an aromatic ring is 1. The largest absolute Gasteiger partial charge is 0.395 e. The number of aromatic amines is 1. The van der Waals surface area contributed by atoms with Crippen LogP contribution in [-0.2, 0) is 0 Å². The lowest BCUT2D eigenvalue weighted by Crippen LogP contribution is -2.27. The van der Waals surface area contributed by atoms with Gasteiger partial charge in [-0.2, -0.15) is 5.10 Å². The molecule has 86 valence electrons. The summed E-state index contributed by atoms with van der Waals surface area (Å²) in [5.74, 6) is 0.941. The Labute approximate surface area is 93.8 Å². The second-order valence-corrected chi connectivity index (χ2v) is 4.97. The van der Waals surface area contributed by atoms with Crippen molar-refractivity contribution in [3.63, 3.8) is 0 Å². The van der Waals surface area contributed by atoms with Gasteiger partial charge in [0.1, 0.15) is 0 Å². The summed E-state index contributed by atoms with van der Waals surface area (Å²) in [6.45, 7) is 2.12. The second kappa shape index (κ2) is 3.23. The third kappa shape index (κ3) is 1.56. The van der Waals surface area contributed by atoms with Crippen LogP contribution in [0.5, 0.6) is 0 Å². The number of anilines is 1. The summed E-state index contributed by atoms with van der Waals surface area (Å²) in [5, 5.41) is 9.84. The molecule has 0 aromatic carbocycles. The van der Waals surface area contributed by atoms with Crippen molar-refractivity contribution in [1.82, 2.24) is 15.5 Å². The Balaban J connectivity index is 1.75. The number of hydrogen-bond acceptors (Lipinski definition) is 3. The van der Waals surface area contributed by atoms with Crippen LogP contribution in [0.4, 0.5) is 5.69 Å². The molecule has 1 aromatic rings. The van der Waals surface area contributed by atoms with Gasteiger partial charge in [-0.15, -0.1) is 0 Å². The Morgan fingerprint density at radius 2 is 2.25 bits per heavy atom. The lowest BCUT2D eigenvalue weighted by Gasteiger charge is -2.01. The summed E-state index contributed by atoms with van der Waals surface area (Å²) >= 11 is 0. The van der Waals surface area contributed by atoms with Crippen LogP contribution in [0.1, 0.15) is 48.3 Å². The lowest BCUT2D eigenvalue weighted by molar-refractivity contribution is 0.0945. The first-order valence-corrected chi connectivity index (χ1v) is 5.81. The molecule has 16 heavy (non-hydrogen) atoms. The van der Waals surface area contributed by atoms with Gasteiger partial charge in [-0.3, -0.25) is 9.89 Å². The van der Waals surface area contributed by atoms with Crippen LogP contribution in [-0.4, -0.2) is 22.1 Å². The van der Waals surface area contributed by atoms with Gasteiger partial charge in [0.2, 0.25) is 0 Å². The normalized spacial score (nSPS) is 27.8. The molecule has 0 bridgehead atoms. The fourth-order valence-corrected chi connectivity index (χ4v) is 1.98. The monoisotopic (exact) mass is 220 g/mol. The van der Waals surface area contributed by atoms with E-state index in [0.717, 1.165) is 25.0 Å². The Morgan fingerprint density at radius 1 is 1.56 bits per heavy atom. The number of nitrogens with zero attached hydrogens (tertiary/aromatic N) is 1. The van der Waals surface area contributed by atoms with E-state index in [1.165, 1.54) is 0 Å². The van der Waals surface area contributed by atoms with Gasteiger partial charge >= 0.3 is 0 Å². The molecule has 4 N–H and O–H groups in total. The van der Waals surface area contributed by atoms with Gasteiger partial charge in [-0.25, -0.2) is 0 Å². The van der Waals surface area contributed by atoms with Crippen molar-refractivity contribution >= 4 is 11.6 Å². The van der Waals surface area contributed by atoms with Gasteiger partial charge in [0.15, 0.2) is 5.69 Å². The molecule has 5 nitrogen and oxygen atoms in total. The highest BCUT2D eigenvalue weighted by molar-refractivity contribution is 5.98. The summed E-state index contributed by atoms with van der Waals surface area (Å²) in [6.07, 6.45) is 3.35. The molecule has 2 saturated carbocycles. The van der Waals surface area contributed by atoms with Crippen LogP contribution >= 0.6 is 0 Å². The minimum Gasteiger partial charge on any atom is -0.395 e. The first-order valence-electron chi connectivity index (χ1n) is 5.81. The van der Waals surface area contributed by atoms with Gasteiger partial charge in [0, 0.05) is 12.0 Å². The van der Waals surface area contributed by atoms with E-state index in [1.807, 2.05) is 0 Å². The van der Waals surface area contributed by atoms with Crippen molar-refractivity contribution in [3.05, 3.63) is 11.4 Å². The van der Waals surface area contributed by atoms with E-state index in [9.17, 15) is 4.79 Å². The number of aromatic nitrogens is 2. The molecule has 2 aliphatic rings. The van der Waals surface area contributed by atoms with E-state index < -0.39 is 0 Å². The van der Waals surface area contributed by atoms with Gasteiger partial charge < -0.3 is 11.1 Å². The Hall–Kier alpha value is -1.52. The molecule has 3 rings (SSSR count). The zero-order valence-corrected chi connectivity index (χ0v) is 9.29. The molecule has 2 unspecified atom stereocenters. The van der Waals surface area contributed by atoms with Crippen LogP contribution in [0, 0.1) is 5.92 Å². The third-order valence-corrected chi connectivity index (χ3v) is 3.46. The SMILES string of the molecule is CC1CC1NC(=O)c1n[nH]c(C2CC2)c1N. The van der Waals surface area contributed by atoms with Crippen LogP contribution in [0.3, 0.4) is 0 Å². The summed E-state index contributed by atoms with van der Waals surface area (Å²) in [4.78, 5) is 11.8. The topological polar surface area (TPSA) is 83.8 Å². The summed E-state index contributed by atoms with van der Waals surface area (Å²) in [5.41, 5.74) is 7.76. The highest BCUT2D eigenvalue weighted by Crippen LogP contribution is 2.42. The Kier molecular flexibility index (Phi) is 1.96. The molecular formula is C11H16N4O. The van der Waals surface area contributed by atoms with Crippen LogP contribution in [0.15, 0.2) is 0 Å². The van der Waals surface area contributed by atoms with Crippen molar-refractivity contribution in [1.29, 1.82) is 0 Å². The number of carbonyl (C=O) groups excluding carboxylic acids is 1. The minimum absolute atomic E-state index is 0.144. The maximum atomic E-state index is 11.8. The highest BCUT2D eigenvalue weighted by Gasteiger charge is 2.36. The van der Waals surface area contributed by atoms with Crippen LogP contribution in [0.25, 0.3) is 0 Å². The van der Waals surface area contributed by atoms with Crippen LogP contribution < -0.4 is 11.1 Å². The summed E-state index contributed by atoms with van der Waals surface area (Å²) < 4.78 is 0. The summed E-state index contributed by atoms with van der Waals surface area (Å²) in [7, 11) is 0. The highest BCUT2D eigenvalue weighted by atomic mass is 16.2.